The minimum Gasteiger partial charge on any atom is -0.454 e. The second-order valence-electron chi connectivity index (χ2n) is 7.10. The molecule has 0 aliphatic carbocycles. The van der Waals surface area contributed by atoms with Gasteiger partial charge in [-0.25, -0.2) is 5.10 Å². The quantitative estimate of drug-likeness (QED) is 0.596. The Morgan fingerprint density at radius 1 is 1.25 bits per heavy atom. The van der Waals surface area contributed by atoms with Crippen LogP contribution in [-0.2, 0) is 4.74 Å². The van der Waals surface area contributed by atoms with Gasteiger partial charge in [-0.15, -0.1) is 0 Å². The van der Waals surface area contributed by atoms with E-state index in [1.807, 2.05) is 26.0 Å². The van der Waals surface area contributed by atoms with Gasteiger partial charge in [-0.05, 0) is 38.8 Å². The Labute approximate surface area is 161 Å². The average molecular weight is 381 g/mol. The molecule has 1 saturated heterocycles. The van der Waals surface area contributed by atoms with Crippen molar-refractivity contribution >= 4 is 28.2 Å². The summed E-state index contributed by atoms with van der Waals surface area (Å²) in [5.41, 5.74) is 15.2. The summed E-state index contributed by atoms with van der Waals surface area (Å²) in [6.45, 7) is 5.27. The molecule has 8 heteroatoms. The Hall–Kier alpha value is -3.13. The number of aromatic nitrogens is 2. The van der Waals surface area contributed by atoms with Crippen molar-refractivity contribution in [1.29, 1.82) is 0 Å². The lowest BCUT2D eigenvalue weighted by Gasteiger charge is -2.20. The highest BCUT2D eigenvalue weighted by Crippen LogP contribution is 2.31. The fourth-order valence-electron chi connectivity index (χ4n) is 3.52. The number of nitrogens with one attached hydrogen (secondary N) is 1. The molecule has 1 aromatic carbocycles. The number of hydrogen-bond donors (Lipinski definition) is 3. The number of aromatic amines is 1. The fourth-order valence-corrected chi connectivity index (χ4v) is 3.52. The maximum Gasteiger partial charge on any atom is 0.288 e. The predicted molar refractivity (Wildman–Crippen MR) is 109 cm³/mol. The van der Waals surface area contributed by atoms with Crippen LogP contribution in [0.3, 0.4) is 0 Å². The molecule has 0 unspecified atom stereocenters. The molecule has 1 aliphatic heterocycles. The van der Waals surface area contributed by atoms with Gasteiger partial charge in [0.05, 0.1) is 11.6 Å². The third-order valence-electron chi connectivity index (χ3n) is 5.09. The van der Waals surface area contributed by atoms with Gasteiger partial charge in [0.2, 0.25) is 0 Å². The van der Waals surface area contributed by atoms with E-state index in [0.29, 0.717) is 30.2 Å². The Kier molecular flexibility index (Phi) is 4.64. The average Bonchev–Trinajstić information content (AvgIpc) is 3.01. The molecule has 146 valence electrons. The van der Waals surface area contributed by atoms with Crippen molar-refractivity contribution in [3.8, 4) is 0 Å². The van der Waals surface area contributed by atoms with E-state index in [9.17, 15) is 4.79 Å². The molecule has 0 atom stereocenters. The van der Waals surface area contributed by atoms with Crippen LogP contribution in [0.4, 0.5) is 11.5 Å². The molecule has 0 amide bonds. The van der Waals surface area contributed by atoms with Crippen molar-refractivity contribution in [1.82, 2.24) is 10.2 Å². The highest BCUT2D eigenvalue weighted by Gasteiger charge is 2.25. The number of nitrogen functional groups attached to an aromatic ring is 2. The second kappa shape index (κ2) is 7.12. The largest absolute Gasteiger partial charge is 0.454 e. The van der Waals surface area contributed by atoms with Crippen LogP contribution in [0.2, 0.25) is 0 Å². The molecule has 0 spiro atoms. The molecule has 3 heterocycles. The van der Waals surface area contributed by atoms with Crippen LogP contribution >= 0.6 is 0 Å². The summed E-state index contributed by atoms with van der Waals surface area (Å²) in [6, 6.07) is 6.00. The molecule has 3 aromatic rings. The van der Waals surface area contributed by atoms with Gasteiger partial charge in [-0.1, -0.05) is 11.6 Å². The Morgan fingerprint density at radius 2 is 2.00 bits per heavy atom. The number of H-pyrrole nitrogens is 1. The van der Waals surface area contributed by atoms with Gasteiger partial charge >= 0.3 is 0 Å². The van der Waals surface area contributed by atoms with Gasteiger partial charge in [-0.2, -0.15) is 5.10 Å². The number of furan rings is 1. The van der Waals surface area contributed by atoms with Crippen LogP contribution < -0.4 is 17.0 Å². The van der Waals surface area contributed by atoms with E-state index < -0.39 is 5.56 Å². The molecule has 5 N–H and O–H groups in total. The zero-order valence-electron chi connectivity index (χ0n) is 15.9. The molecule has 0 radical (unpaired) electrons. The van der Waals surface area contributed by atoms with Crippen molar-refractivity contribution in [2.45, 2.75) is 32.7 Å². The summed E-state index contributed by atoms with van der Waals surface area (Å²) >= 11 is 0. The third kappa shape index (κ3) is 3.16. The number of fused-ring (bicyclic) bond motifs is 1. The molecule has 2 aromatic heterocycles. The minimum absolute atomic E-state index is 0.0191. The molecular formula is C20H23N5O3. The highest BCUT2D eigenvalue weighted by molar-refractivity contribution is 6.18. The molecule has 4 rings (SSSR count). The van der Waals surface area contributed by atoms with Crippen LogP contribution in [0.15, 0.2) is 32.4 Å². The summed E-state index contributed by atoms with van der Waals surface area (Å²) in [5, 5.41) is 7.19. The molecule has 28 heavy (non-hydrogen) atoms. The second-order valence-corrected chi connectivity index (χ2v) is 7.10. The van der Waals surface area contributed by atoms with E-state index in [4.69, 9.17) is 25.6 Å². The van der Waals surface area contributed by atoms with Crippen molar-refractivity contribution < 1.29 is 9.15 Å². The third-order valence-corrected chi connectivity index (χ3v) is 5.09. The number of benzene rings is 1. The van der Waals surface area contributed by atoms with Gasteiger partial charge in [0.1, 0.15) is 17.0 Å². The fraction of sp³-hybridized carbons (Fsp3) is 0.350. The minimum atomic E-state index is -0.506. The number of aryl methyl sites for hydroxylation is 2. The molecule has 1 aliphatic rings. The van der Waals surface area contributed by atoms with Crippen molar-refractivity contribution in [2.24, 2.45) is 4.99 Å². The van der Waals surface area contributed by atoms with E-state index in [-0.39, 0.29) is 17.5 Å². The first-order valence-electron chi connectivity index (χ1n) is 9.25. The Balaban J connectivity index is 1.97. The SMILES string of the molecule is Cc1ccc2oc(C(=NC3CCOCC3)c3c(N)n[nH]c(=O)c3N)c(C)c2c1. The van der Waals surface area contributed by atoms with Crippen LogP contribution in [0.25, 0.3) is 11.0 Å². The predicted octanol–water partition coefficient (Wildman–Crippen LogP) is 2.31. The number of rotatable bonds is 3. The zero-order chi connectivity index (χ0) is 19.8. The van der Waals surface area contributed by atoms with Crippen molar-refractivity contribution in [3.63, 3.8) is 0 Å². The zero-order valence-corrected chi connectivity index (χ0v) is 15.9. The lowest BCUT2D eigenvalue weighted by atomic mass is 10.0. The van der Waals surface area contributed by atoms with Crippen LogP contribution in [0.1, 0.15) is 35.3 Å². The first kappa shape index (κ1) is 18.2. The highest BCUT2D eigenvalue weighted by atomic mass is 16.5. The number of hydrogen-bond acceptors (Lipinski definition) is 7. The maximum absolute atomic E-state index is 12.1. The lowest BCUT2D eigenvalue weighted by Crippen LogP contribution is -2.25. The number of nitrogens with zero attached hydrogens (tertiary/aromatic N) is 2. The number of nitrogens with two attached hydrogens (primary N) is 2. The van der Waals surface area contributed by atoms with Crippen molar-refractivity contribution in [3.05, 3.63) is 51.0 Å². The summed E-state index contributed by atoms with van der Waals surface area (Å²) in [7, 11) is 0. The standard InChI is InChI=1S/C20H23N5O3/c1-10-3-4-14-13(9-10)11(2)18(28-14)17(23-12-5-7-27-8-6-12)15-16(21)20(26)25-24-19(15)22/h3-4,9,12H,5-8H2,1-2H3,(H,25,26)(H4,21,22,24). The topological polar surface area (TPSA) is 133 Å². The first-order chi connectivity index (χ1) is 13.5. The van der Waals surface area contributed by atoms with E-state index in [2.05, 4.69) is 16.3 Å². The lowest BCUT2D eigenvalue weighted by molar-refractivity contribution is 0.0871. The molecule has 8 nitrogen and oxygen atoms in total. The van der Waals surface area contributed by atoms with Gasteiger partial charge in [0.25, 0.3) is 5.56 Å². The van der Waals surface area contributed by atoms with E-state index in [0.717, 1.165) is 34.9 Å². The molecule has 0 bridgehead atoms. The van der Waals surface area contributed by atoms with Gasteiger partial charge in [0.15, 0.2) is 11.6 Å². The van der Waals surface area contributed by atoms with Crippen LogP contribution in [-0.4, -0.2) is 35.2 Å². The summed E-state index contributed by atoms with van der Waals surface area (Å²) < 4.78 is 11.6. The summed E-state index contributed by atoms with van der Waals surface area (Å²) in [6.07, 6.45) is 1.55. The summed E-state index contributed by atoms with van der Waals surface area (Å²) in [4.78, 5) is 17.0. The monoisotopic (exact) mass is 381 g/mol. The normalized spacial score (nSPS) is 16.0. The molecule has 0 saturated carbocycles. The van der Waals surface area contributed by atoms with Gasteiger partial charge < -0.3 is 20.6 Å². The number of aliphatic imine (C=N–C) groups is 1. The Morgan fingerprint density at radius 3 is 2.75 bits per heavy atom. The Bertz CT molecular complexity index is 1120. The molecule has 1 fully saturated rings. The summed E-state index contributed by atoms with van der Waals surface area (Å²) in [5.74, 6) is 0.664. The number of ether oxygens (including phenoxy) is 1. The van der Waals surface area contributed by atoms with Crippen LogP contribution in [0, 0.1) is 13.8 Å². The number of anilines is 2. The van der Waals surface area contributed by atoms with Crippen LogP contribution in [0.5, 0.6) is 0 Å². The smallest absolute Gasteiger partial charge is 0.288 e. The van der Waals surface area contributed by atoms with E-state index >= 15 is 0 Å². The molecular weight excluding hydrogens is 358 g/mol. The van der Waals surface area contributed by atoms with E-state index in [1.54, 1.807) is 0 Å². The van der Waals surface area contributed by atoms with Gasteiger partial charge in [0, 0.05) is 24.2 Å². The van der Waals surface area contributed by atoms with Gasteiger partial charge in [-0.3, -0.25) is 9.79 Å². The maximum atomic E-state index is 12.1. The van der Waals surface area contributed by atoms with Crippen molar-refractivity contribution in [2.75, 3.05) is 24.7 Å². The van der Waals surface area contributed by atoms with E-state index in [1.165, 1.54) is 0 Å². The first-order valence-corrected chi connectivity index (χ1v) is 9.25.